The van der Waals surface area contributed by atoms with Crippen LogP contribution in [0, 0.1) is 0 Å². The molecule has 0 unspecified atom stereocenters. The Labute approximate surface area is 127 Å². The van der Waals surface area contributed by atoms with Gasteiger partial charge in [-0.25, -0.2) is 0 Å². The highest BCUT2D eigenvalue weighted by atomic mass is 15.1. The molecule has 3 rings (SSSR count). The summed E-state index contributed by atoms with van der Waals surface area (Å²) in [4.78, 5) is 7.28. The fourth-order valence-corrected chi connectivity index (χ4v) is 3.41. The zero-order valence-corrected chi connectivity index (χ0v) is 13.4. The summed E-state index contributed by atoms with van der Waals surface area (Å²) < 4.78 is 0. The van der Waals surface area contributed by atoms with Gasteiger partial charge in [0.05, 0.1) is 5.52 Å². The lowest BCUT2D eigenvalue weighted by molar-refractivity contribution is 0.867. The molecule has 1 aliphatic carbocycles. The van der Waals surface area contributed by atoms with Crippen LogP contribution in [-0.2, 0) is 12.8 Å². The molecular formula is C18H25N3. The minimum absolute atomic E-state index is 0.959. The van der Waals surface area contributed by atoms with E-state index in [-0.39, 0.29) is 0 Å². The third kappa shape index (κ3) is 2.45. The van der Waals surface area contributed by atoms with Crippen molar-refractivity contribution in [2.24, 2.45) is 0 Å². The van der Waals surface area contributed by atoms with Crippen LogP contribution in [-0.4, -0.2) is 24.6 Å². The number of benzene rings is 1. The Hall–Kier alpha value is -1.77. The van der Waals surface area contributed by atoms with Crippen molar-refractivity contribution in [2.75, 3.05) is 29.9 Å². The van der Waals surface area contributed by atoms with E-state index in [2.05, 4.69) is 49.2 Å². The molecule has 21 heavy (non-hydrogen) atoms. The van der Waals surface area contributed by atoms with Crippen LogP contribution in [0.3, 0.4) is 0 Å². The van der Waals surface area contributed by atoms with E-state index >= 15 is 0 Å². The maximum absolute atomic E-state index is 4.89. The molecule has 3 nitrogen and oxygen atoms in total. The second-order valence-electron chi connectivity index (χ2n) is 5.67. The van der Waals surface area contributed by atoms with E-state index in [0.717, 1.165) is 38.0 Å². The van der Waals surface area contributed by atoms with E-state index in [1.54, 1.807) is 0 Å². The number of aryl methyl sites for hydroxylation is 1. The van der Waals surface area contributed by atoms with E-state index in [4.69, 9.17) is 4.98 Å². The van der Waals surface area contributed by atoms with Crippen molar-refractivity contribution >= 4 is 22.3 Å². The number of nitrogens with one attached hydrogen (secondary N) is 1. The zero-order valence-electron chi connectivity index (χ0n) is 13.4. The van der Waals surface area contributed by atoms with Gasteiger partial charge in [0, 0.05) is 42.1 Å². The molecule has 1 aromatic carbocycles. The molecule has 1 aromatic heterocycles. The molecule has 1 aliphatic rings. The molecule has 0 saturated heterocycles. The Kier molecular flexibility index (Phi) is 4.00. The molecule has 0 fully saturated rings. The molecule has 0 bridgehead atoms. The average molecular weight is 283 g/mol. The summed E-state index contributed by atoms with van der Waals surface area (Å²) in [5.41, 5.74) is 6.49. The zero-order chi connectivity index (χ0) is 14.8. The predicted octanol–water partition coefficient (Wildman–Crippen LogP) is 4.00. The van der Waals surface area contributed by atoms with Gasteiger partial charge in [-0.1, -0.05) is 0 Å². The van der Waals surface area contributed by atoms with E-state index in [1.807, 2.05) is 0 Å². The van der Waals surface area contributed by atoms with Crippen LogP contribution in [0.25, 0.3) is 10.9 Å². The maximum Gasteiger partial charge on any atom is 0.0727 e. The third-order valence-corrected chi connectivity index (χ3v) is 4.48. The summed E-state index contributed by atoms with van der Waals surface area (Å²) in [7, 11) is 0. The Morgan fingerprint density at radius 3 is 2.67 bits per heavy atom. The summed E-state index contributed by atoms with van der Waals surface area (Å²) in [6, 6.07) is 6.70. The van der Waals surface area contributed by atoms with Gasteiger partial charge in [-0.3, -0.25) is 4.98 Å². The second kappa shape index (κ2) is 5.92. The topological polar surface area (TPSA) is 28.2 Å². The van der Waals surface area contributed by atoms with Crippen molar-refractivity contribution in [1.82, 2.24) is 4.98 Å². The molecule has 0 amide bonds. The first-order valence-electron chi connectivity index (χ1n) is 8.22. The highest BCUT2D eigenvalue weighted by molar-refractivity contribution is 5.96. The third-order valence-electron chi connectivity index (χ3n) is 4.48. The van der Waals surface area contributed by atoms with Gasteiger partial charge in [0.1, 0.15) is 0 Å². The predicted molar refractivity (Wildman–Crippen MR) is 91.5 cm³/mol. The fourth-order valence-electron chi connectivity index (χ4n) is 3.41. The number of aromatic nitrogens is 1. The summed E-state index contributed by atoms with van der Waals surface area (Å²) in [6.45, 7) is 9.62. The van der Waals surface area contributed by atoms with Gasteiger partial charge in [-0.05, 0) is 63.8 Å². The van der Waals surface area contributed by atoms with E-state index < -0.39 is 0 Å². The summed E-state index contributed by atoms with van der Waals surface area (Å²) >= 11 is 0. The van der Waals surface area contributed by atoms with Gasteiger partial charge in [-0.15, -0.1) is 0 Å². The largest absolute Gasteiger partial charge is 0.384 e. The Balaban J connectivity index is 2.18. The van der Waals surface area contributed by atoms with Crippen LogP contribution in [0.1, 0.15) is 38.4 Å². The van der Waals surface area contributed by atoms with Crippen LogP contribution in [0.4, 0.5) is 11.4 Å². The monoisotopic (exact) mass is 283 g/mol. The van der Waals surface area contributed by atoms with E-state index in [9.17, 15) is 0 Å². The molecule has 0 saturated carbocycles. The van der Waals surface area contributed by atoms with Crippen LogP contribution >= 0.6 is 0 Å². The average Bonchev–Trinajstić information content (AvgIpc) is 2.97. The minimum atomic E-state index is 0.959. The van der Waals surface area contributed by atoms with Crippen LogP contribution in [0.2, 0.25) is 0 Å². The second-order valence-corrected chi connectivity index (χ2v) is 5.67. The molecular weight excluding hydrogens is 258 g/mol. The van der Waals surface area contributed by atoms with Crippen molar-refractivity contribution in [2.45, 2.75) is 40.0 Å². The summed E-state index contributed by atoms with van der Waals surface area (Å²) in [6.07, 6.45) is 3.53. The maximum atomic E-state index is 4.89. The molecule has 3 heteroatoms. The quantitative estimate of drug-likeness (QED) is 0.899. The van der Waals surface area contributed by atoms with Crippen molar-refractivity contribution in [1.29, 1.82) is 0 Å². The summed E-state index contributed by atoms with van der Waals surface area (Å²) in [5.74, 6) is 0. The normalized spacial score (nSPS) is 13.5. The number of pyridine rings is 1. The molecule has 0 atom stereocenters. The molecule has 1 heterocycles. The molecule has 0 aliphatic heterocycles. The van der Waals surface area contributed by atoms with Crippen LogP contribution in [0.15, 0.2) is 18.2 Å². The first-order chi connectivity index (χ1) is 10.3. The van der Waals surface area contributed by atoms with E-state index in [1.165, 1.54) is 34.4 Å². The van der Waals surface area contributed by atoms with Gasteiger partial charge < -0.3 is 10.2 Å². The van der Waals surface area contributed by atoms with Gasteiger partial charge in [0.2, 0.25) is 0 Å². The number of hydrogen-bond acceptors (Lipinski definition) is 3. The lowest BCUT2D eigenvalue weighted by atomic mass is 10.1. The lowest BCUT2D eigenvalue weighted by Gasteiger charge is -2.22. The molecule has 112 valence electrons. The molecule has 2 aromatic rings. The Morgan fingerprint density at radius 1 is 1.14 bits per heavy atom. The Bertz CT molecular complexity index is 644. The first-order valence-corrected chi connectivity index (χ1v) is 8.22. The van der Waals surface area contributed by atoms with Gasteiger partial charge in [-0.2, -0.15) is 0 Å². The number of rotatable bonds is 5. The van der Waals surface area contributed by atoms with Crippen molar-refractivity contribution in [3.05, 3.63) is 29.5 Å². The SMILES string of the molecule is CCNc1c2c(nc3ccc(N(CC)CC)cc13)CCC2. The van der Waals surface area contributed by atoms with Gasteiger partial charge in [0.25, 0.3) is 0 Å². The number of fused-ring (bicyclic) bond motifs is 2. The van der Waals surface area contributed by atoms with E-state index in [0.29, 0.717) is 0 Å². The fraction of sp³-hybridized carbons (Fsp3) is 0.500. The highest BCUT2D eigenvalue weighted by Crippen LogP contribution is 2.35. The van der Waals surface area contributed by atoms with Gasteiger partial charge >= 0.3 is 0 Å². The summed E-state index contributed by atoms with van der Waals surface area (Å²) in [5, 5.41) is 4.87. The van der Waals surface area contributed by atoms with Crippen LogP contribution in [0.5, 0.6) is 0 Å². The molecule has 0 spiro atoms. The molecule has 1 N–H and O–H groups in total. The standard InChI is InChI=1S/C18H25N3/c1-4-19-18-14-8-7-9-16(14)20-17-11-10-13(12-15(17)18)21(5-2)6-3/h10-12H,4-9H2,1-3H3,(H,19,20). The number of anilines is 2. The highest BCUT2D eigenvalue weighted by Gasteiger charge is 2.19. The molecule has 0 radical (unpaired) electrons. The van der Waals surface area contributed by atoms with Gasteiger partial charge in [0.15, 0.2) is 0 Å². The number of nitrogens with zero attached hydrogens (tertiary/aromatic N) is 2. The van der Waals surface area contributed by atoms with Crippen molar-refractivity contribution in [3.8, 4) is 0 Å². The number of hydrogen-bond donors (Lipinski definition) is 1. The smallest absolute Gasteiger partial charge is 0.0727 e. The minimum Gasteiger partial charge on any atom is -0.384 e. The first kappa shape index (κ1) is 14.2. The van der Waals surface area contributed by atoms with Crippen molar-refractivity contribution in [3.63, 3.8) is 0 Å². The van der Waals surface area contributed by atoms with Crippen LogP contribution < -0.4 is 10.2 Å². The Morgan fingerprint density at radius 2 is 1.95 bits per heavy atom. The lowest BCUT2D eigenvalue weighted by Crippen LogP contribution is -2.21. The van der Waals surface area contributed by atoms with Crippen molar-refractivity contribution < 1.29 is 0 Å².